The first-order valence-corrected chi connectivity index (χ1v) is 6.91. The van der Waals surface area contributed by atoms with Crippen LogP contribution >= 0.6 is 0 Å². The number of hydrogen-bond acceptors (Lipinski definition) is 4. The second-order valence-corrected chi connectivity index (χ2v) is 4.67. The minimum atomic E-state index is -0.0449. The SMILES string of the molecule is CCOc1cc(CC(C)N)ccc1OCCC(=O)NC. The van der Waals surface area contributed by atoms with E-state index in [2.05, 4.69) is 5.32 Å². The maximum atomic E-state index is 11.2. The molecule has 0 radical (unpaired) electrons. The second-order valence-electron chi connectivity index (χ2n) is 4.67. The highest BCUT2D eigenvalue weighted by Gasteiger charge is 2.08. The monoisotopic (exact) mass is 280 g/mol. The molecule has 1 aromatic rings. The molecular formula is C15H24N2O3. The van der Waals surface area contributed by atoms with Gasteiger partial charge in [0.05, 0.1) is 19.6 Å². The Morgan fingerprint density at radius 2 is 2.10 bits per heavy atom. The lowest BCUT2D eigenvalue weighted by atomic mass is 10.1. The highest BCUT2D eigenvalue weighted by molar-refractivity contribution is 5.75. The van der Waals surface area contributed by atoms with Crippen molar-refractivity contribution in [2.75, 3.05) is 20.3 Å². The average Bonchev–Trinajstić information content (AvgIpc) is 2.40. The topological polar surface area (TPSA) is 73.6 Å². The molecule has 1 atom stereocenters. The molecule has 0 heterocycles. The number of hydrogen-bond donors (Lipinski definition) is 2. The van der Waals surface area contributed by atoms with E-state index in [1.54, 1.807) is 7.05 Å². The fourth-order valence-electron chi connectivity index (χ4n) is 1.82. The van der Waals surface area contributed by atoms with E-state index in [1.165, 1.54) is 0 Å². The highest BCUT2D eigenvalue weighted by Crippen LogP contribution is 2.29. The summed E-state index contributed by atoms with van der Waals surface area (Å²) in [7, 11) is 1.61. The molecule has 3 N–H and O–H groups in total. The summed E-state index contributed by atoms with van der Waals surface area (Å²) in [6.07, 6.45) is 1.11. The fourth-order valence-corrected chi connectivity index (χ4v) is 1.82. The van der Waals surface area contributed by atoms with Crippen molar-refractivity contribution in [3.05, 3.63) is 23.8 Å². The Morgan fingerprint density at radius 1 is 1.35 bits per heavy atom. The third kappa shape index (κ3) is 5.48. The number of carbonyl (C=O) groups excluding carboxylic acids is 1. The Kier molecular flexibility index (Phi) is 6.87. The molecule has 0 aliphatic rings. The molecule has 0 saturated heterocycles. The zero-order chi connectivity index (χ0) is 15.0. The molecule has 112 valence electrons. The van der Waals surface area contributed by atoms with Crippen LogP contribution in [0.25, 0.3) is 0 Å². The van der Waals surface area contributed by atoms with Gasteiger partial charge >= 0.3 is 0 Å². The Bertz CT molecular complexity index is 433. The molecule has 0 bridgehead atoms. The van der Waals surface area contributed by atoms with E-state index in [1.807, 2.05) is 32.0 Å². The highest BCUT2D eigenvalue weighted by atomic mass is 16.5. The number of ether oxygens (including phenoxy) is 2. The van der Waals surface area contributed by atoms with Crippen LogP contribution in [0.1, 0.15) is 25.8 Å². The maximum absolute atomic E-state index is 11.2. The molecule has 0 aliphatic carbocycles. The van der Waals surface area contributed by atoms with Crippen molar-refractivity contribution in [1.29, 1.82) is 0 Å². The van der Waals surface area contributed by atoms with Gasteiger partial charge < -0.3 is 20.5 Å². The fraction of sp³-hybridized carbons (Fsp3) is 0.533. The molecule has 0 saturated carbocycles. The first-order chi connectivity index (χ1) is 9.56. The van der Waals surface area contributed by atoms with E-state index in [0.717, 1.165) is 12.0 Å². The van der Waals surface area contributed by atoms with Crippen LogP contribution in [0.5, 0.6) is 11.5 Å². The van der Waals surface area contributed by atoms with Gasteiger partial charge in [0.25, 0.3) is 0 Å². The predicted octanol–water partition coefficient (Wildman–Crippen LogP) is 1.49. The van der Waals surface area contributed by atoms with Gasteiger partial charge in [-0.1, -0.05) is 6.07 Å². The van der Waals surface area contributed by atoms with Gasteiger partial charge in [0.2, 0.25) is 5.91 Å². The van der Waals surface area contributed by atoms with Crippen LogP contribution in [-0.2, 0) is 11.2 Å². The standard InChI is InChI=1S/C15H24N2O3/c1-4-19-14-10-12(9-11(2)16)5-6-13(14)20-8-7-15(18)17-3/h5-6,10-11H,4,7-9,16H2,1-3H3,(H,17,18). The molecule has 1 rings (SSSR count). The van der Waals surface area contributed by atoms with Gasteiger partial charge in [-0.15, -0.1) is 0 Å². The van der Waals surface area contributed by atoms with Gasteiger partial charge in [-0.2, -0.15) is 0 Å². The Labute approximate surface area is 120 Å². The number of amides is 1. The number of benzene rings is 1. The molecule has 20 heavy (non-hydrogen) atoms. The van der Waals surface area contributed by atoms with Crippen LogP contribution < -0.4 is 20.5 Å². The lowest BCUT2D eigenvalue weighted by Gasteiger charge is -2.14. The van der Waals surface area contributed by atoms with Crippen molar-refractivity contribution >= 4 is 5.91 Å². The Balaban J connectivity index is 2.71. The normalized spacial score (nSPS) is 11.8. The lowest BCUT2D eigenvalue weighted by Crippen LogP contribution is -2.20. The minimum absolute atomic E-state index is 0.0449. The molecule has 0 aromatic heterocycles. The Morgan fingerprint density at radius 3 is 2.70 bits per heavy atom. The number of nitrogens with one attached hydrogen (secondary N) is 1. The summed E-state index contributed by atoms with van der Waals surface area (Å²) in [5.41, 5.74) is 6.91. The molecule has 5 nitrogen and oxygen atoms in total. The van der Waals surface area contributed by atoms with E-state index in [9.17, 15) is 4.79 Å². The van der Waals surface area contributed by atoms with E-state index in [0.29, 0.717) is 31.1 Å². The van der Waals surface area contributed by atoms with Crippen LogP contribution in [0.4, 0.5) is 0 Å². The summed E-state index contributed by atoms with van der Waals surface area (Å²) in [4.78, 5) is 11.2. The van der Waals surface area contributed by atoms with Crippen molar-refractivity contribution in [1.82, 2.24) is 5.32 Å². The summed E-state index contributed by atoms with van der Waals surface area (Å²) in [6.45, 7) is 4.78. The summed E-state index contributed by atoms with van der Waals surface area (Å²) in [5, 5.41) is 2.56. The van der Waals surface area contributed by atoms with Gasteiger partial charge in [-0.3, -0.25) is 4.79 Å². The zero-order valence-electron chi connectivity index (χ0n) is 12.4. The van der Waals surface area contributed by atoms with E-state index in [-0.39, 0.29) is 11.9 Å². The molecule has 1 unspecified atom stereocenters. The van der Waals surface area contributed by atoms with Gasteiger partial charge in [0.1, 0.15) is 0 Å². The zero-order valence-corrected chi connectivity index (χ0v) is 12.4. The maximum Gasteiger partial charge on any atom is 0.223 e. The van der Waals surface area contributed by atoms with E-state index < -0.39 is 0 Å². The number of rotatable bonds is 8. The summed E-state index contributed by atoms with van der Waals surface area (Å²) in [5.74, 6) is 1.31. The minimum Gasteiger partial charge on any atom is -0.490 e. The van der Waals surface area contributed by atoms with Crippen molar-refractivity contribution in [3.8, 4) is 11.5 Å². The van der Waals surface area contributed by atoms with Crippen LogP contribution in [0.3, 0.4) is 0 Å². The smallest absolute Gasteiger partial charge is 0.223 e. The van der Waals surface area contributed by atoms with Crippen LogP contribution in [-0.4, -0.2) is 32.2 Å². The molecule has 1 aromatic carbocycles. The number of carbonyl (C=O) groups is 1. The van der Waals surface area contributed by atoms with Crippen molar-refractivity contribution in [2.24, 2.45) is 5.73 Å². The molecule has 0 aliphatic heterocycles. The second kappa shape index (κ2) is 8.43. The molecule has 1 amide bonds. The van der Waals surface area contributed by atoms with Gasteiger partial charge in [-0.25, -0.2) is 0 Å². The summed E-state index contributed by atoms with van der Waals surface area (Å²) < 4.78 is 11.2. The molecular weight excluding hydrogens is 256 g/mol. The van der Waals surface area contributed by atoms with Crippen LogP contribution in [0.15, 0.2) is 18.2 Å². The van der Waals surface area contributed by atoms with Crippen molar-refractivity contribution in [2.45, 2.75) is 32.7 Å². The quantitative estimate of drug-likeness (QED) is 0.756. The molecule has 0 fully saturated rings. The predicted molar refractivity (Wildman–Crippen MR) is 79.1 cm³/mol. The van der Waals surface area contributed by atoms with E-state index >= 15 is 0 Å². The van der Waals surface area contributed by atoms with Crippen molar-refractivity contribution < 1.29 is 14.3 Å². The summed E-state index contributed by atoms with van der Waals surface area (Å²) >= 11 is 0. The van der Waals surface area contributed by atoms with Gasteiger partial charge in [-0.05, 0) is 38.0 Å². The van der Waals surface area contributed by atoms with Gasteiger partial charge in [0.15, 0.2) is 11.5 Å². The molecule has 5 heteroatoms. The summed E-state index contributed by atoms with van der Waals surface area (Å²) in [6, 6.07) is 5.89. The van der Waals surface area contributed by atoms with Crippen LogP contribution in [0, 0.1) is 0 Å². The number of nitrogens with two attached hydrogens (primary N) is 1. The third-order valence-electron chi connectivity index (χ3n) is 2.73. The first kappa shape index (κ1) is 16.3. The average molecular weight is 280 g/mol. The van der Waals surface area contributed by atoms with Crippen LogP contribution in [0.2, 0.25) is 0 Å². The first-order valence-electron chi connectivity index (χ1n) is 6.91. The Hall–Kier alpha value is -1.75. The molecule has 0 spiro atoms. The lowest BCUT2D eigenvalue weighted by molar-refractivity contribution is -0.121. The van der Waals surface area contributed by atoms with Gasteiger partial charge in [0, 0.05) is 13.1 Å². The van der Waals surface area contributed by atoms with E-state index in [4.69, 9.17) is 15.2 Å². The van der Waals surface area contributed by atoms with Crippen molar-refractivity contribution in [3.63, 3.8) is 0 Å². The third-order valence-corrected chi connectivity index (χ3v) is 2.73. The largest absolute Gasteiger partial charge is 0.490 e.